The Morgan fingerprint density at radius 3 is 2.23 bits per heavy atom. The van der Waals surface area contributed by atoms with E-state index in [9.17, 15) is 23.1 Å². The van der Waals surface area contributed by atoms with Crippen molar-refractivity contribution in [3.8, 4) is 5.69 Å². The number of amides is 1. The van der Waals surface area contributed by atoms with Gasteiger partial charge in [0.05, 0.1) is 16.9 Å². The standard InChI is InChI=1S/C25H25N5O2.C2HF3O2/c26-24(31)21-5-3-4-19-17-30(28-23(19)21)20-9-7-18(8-10-20)16-29-14-11-25(32,12-15-29)22-6-1-2-13-27-22;3-2(4,5)1(6)7/h1-10,13,17,32H,11-12,14-16H2,(H2,26,31);(H,6,7). The Kier molecular flexibility index (Phi) is 7.98. The topological polar surface area (TPSA) is 135 Å². The van der Waals surface area contributed by atoms with E-state index in [1.807, 2.05) is 48.7 Å². The van der Waals surface area contributed by atoms with Crippen molar-refractivity contribution in [1.82, 2.24) is 19.7 Å². The molecule has 2 aromatic carbocycles. The molecular weight excluding hydrogens is 515 g/mol. The van der Waals surface area contributed by atoms with Gasteiger partial charge in [0.1, 0.15) is 11.1 Å². The Labute approximate surface area is 221 Å². The number of carboxylic acids is 1. The molecule has 9 nitrogen and oxygen atoms in total. The van der Waals surface area contributed by atoms with Crippen LogP contribution in [0.2, 0.25) is 0 Å². The highest BCUT2D eigenvalue weighted by Crippen LogP contribution is 2.32. The van der Waals surface area contributed by atoms with Gasteiger partial charge in [0, 0.05) is 37.4 Å². The van der Waals surface area contributed by atoms with Crippen molar-refractivity contribution < 1.29 is 33.0 Å². The van der Waals surface area contributed by atoms with Crippen LogP contribution in [0.3, 0.4) is 0 Å². The van der Waals surface area contributed by atoms with E-state index >= 15 is 0 Å². The minimum Gasteiger partial charge on any atom is -0.475 e. The van der Waals surface area contributed by atoms with Crippen molar-refractivity contribution in [2.45, 2.75) is 31.2 Å². The number of carbonyl (C=O) groups is 2. The Morgan fingerprint density at radius 1 is 1.00 bits per heavy atom. The molecule has 1 aliphatic heterocycles. The second kappa shape index (κ2) is 11.2. The van der Waals surface area contributed by atoms with Gasteiger partial charge in [-0.1, -0.05) is 30.3 Å². The minimum atomic E-state index is -5.08. The van der Waals surface area contributed by atoms with E-state index in [2.05, 4.69) is 27.1 Å². The number of aromatic nitrogens is 3. The summed E-state index contributed by atoms with van der Waals surface area (Å²) in [6, 6.07) is 19.4. The molecule has 2 aromatic heterocycles. The maximum absolute atomic E-state index is 11.7. The molecule has 3 heterocycles. The van der Waals surface area contributed by atoms with Crippen molar-refractivity contribution >= 4 is 22.8 Å². The third kappa shape index (κ3) is 6.59. The number of carbonyl (C=O) groups excluding carboxylic acids is 1. The summed E-state index contributed by atoms with van der Waals surface area (Å²) in [7, 11) is 0. The van der Waals surface area contributed by atoms with Crippen LogP contribution in [0.15, 0.2) is 73.1 Å². The van der Waals surface area contributed by atoms with E-state index in [0.29, 0.717) is 23.9 Å². The summed E-state index contributed by atoms with van der Waals surface area (Å²) in [6.07, 6.45) is -0.104. The molecule has 5 rings (SSSR count). The number of likely N-dealkylation sites (tertiary alicyclic amines) is 1. The summed E-state index contributed by atoms with van der Waals surface area (Å²) < 4.78 is 33.5. The number of hydrogen-bond acceptors (Lipinski definition) is 6. The maximum atomic E-state index is 11.7. The summed E-state index contributed by atoms with van der Waals surface area (Å²) in [5.41, 5.74) is 8.55. The fourth-order valence-corrected chi connectivity index (χ4v) is 4.36. The van der Waals surface area contributed by atoms with E-state index in [-0.39, 0.29) is 0 Å². The largest absolute Gasteiger partial charge is 0.490 e. The average Bonchev–Trinajstić information content (AvgIpc) is 3.35. The van der Waals surface area contributed by atoms with E-state index < -0.39 is 23.7 Å². The first-order chi connectivity index (χ1) is 18.5. The lowest BCUT2D eigenvalue weighted by atomic mass is 9.87. The molecule has 0 bridgehead atoms. The number of piperidine rings is 1. The average molecular weight is 542 g/mol. The van der Waals surface area contributed by atoms with Crippen LogP contribution in [-0.2, 0) is 16.9 Å². The molecule has 0 aliphatic carbocycles. The number of nitrogens with zero attached hydrogens (tertiary/aromatic N) is 4. The molecule has 4 N–H and O–H groups in total. The van der Waals surface area contributed by atoms with Crippen molar-refractivity contribution in [3.05, 3.63) is 89.9 Å². The number of alkyl halides is 3. The van der Waals surface area contributed by atoms with Gasteiger partial charge in [-0.15, -0.1) is 0 Å². The van der Waals surface area contributed by atoms with Crippen LogP contribution in [0.4, 0.5) is 13.2 Å². The monoisotopic (exact) mass is 541 g/mol. The number of benzene rings is 2. The van der Waals surface area contributed by atoms with E-state index in [1.54, 1.807) is 16.9 Å². The second-order valence-corrected chi connectivity index (χ2v) is 9.17. The third-order valence-corrected chi connectivity index (χ3v) is 6.48. The van der Waals surface area contributed by atoms with Crippen LogP contribution < -0.4 is 5.73 Å². The molecule has 1 amide bonds. The number of fused-ring (bicyclic) bond motifs is 1. The third-order valence-electron chi connectivity index (χ3n) is 6.48. The van der Waals surface area contributed by atoms with Gasteiger partial charge in [-0.3, -0.25) is 14.7 Å². The van der Waals surface area contributed by atoms with Crippen LogP contribution in [0.25, 0.3) is 16.6 Å². The number of aliphatic hydroxyl groups is 1. The van der Waals surface area contributed by atoms with E-state index in [1.165, 1.54) is 5.56 Å². The number of carboxylic acid groups (broad SMARTS) is 1. The van der Waals surface area contributed by atoms with Gasteiger partial charge in [0.2, 0.25) is 0 Å². The number of primary amides is 1. The molecule has 204 valence electrons. The lowest BCUT2D eigenvalue weighted by molar-refractivity contribution is -0.192. The molecule has 4 aromatic rings. The van der Waals surface area contributed by atoms with Gasteiger partial charge >= 0.3 is 12.1 Å². The second-order valence-electron chi connectivity index (χ2n) is 9.17. The zero-order valence-electron chi connectivity index (χ0n) is 20.7. The number of aliphatic carboxylic acids is 1. The summed E-state index contributed by atoms with van der Waals surface area (Å²) in [6.45, 7) is 2.45. The number of pyridine rings is 1. The summed E-state index contributed by atoms with van der Waals surface area (Å²) in [5, 5.41) is 23.5. The van der Waals surface area contributed by atoms with E-state index in [4.69, 9.17) is 15.6 Å². The van der Waals surface area contributed by atoms with Gasteiger partial charge in [0.15, 0.2) is 0 Å². The zero-order chi connectivity index (χ0) is 28.2. The first kappa shape index (κ1) is 27.7. The molecule has 1 saturated heterocycles. The maximum Gasteiger partial charge on any atom is 0.490 e. The normalized spacial score (nSPS) is 15.4. The molecular formula is C27H26F3N5O4. The van der Waals surface area contributed by atoms with E-state index in [0.717, 1.165) is 36.4 Å². The predicted molar refractivity (Wildman–Crippen MR) is 136 cm³/mol. The molecule has 0 atom stereocenters. The first-order valence-corrected chi connectivity index (χ1v) is 12.0. The SMILES string of the molecule is NC(=O)c1cccc2cn(-c3ccc(CN4CCC(O)(c5ccccn5)CC4)cc3)nc12.O=C(O)C(F)(F)F. The quantitative estimate of drug-likeness (QED) is 0.351. The lowest BCUT2D eigenvalue weighted by Gasteiger charge is -2.37. The molecule has 0 saturated carbocycles. The molecule has 12 heteroatoms. The Morgan fingerprint density at radius 2 is 1.67 bits per heavy atom. The number of hydrogen-bond donors (Lipinski definition) is 3. The fraction of sp³-hybridized carbons (Fsp3) is 0.259. The van der Waals surface area contributed by atoms with Crippen molar-refractivity contribution in [2.24, 2.45) is 5.73 Å². The highest BCUT2D eigenvalue weighted by molar-refractivity contribution is 6.04. The highest BCUT2D eigenvalue weighted by atomic mass is 19.4. The summed E-state index contributed by atoms with van der Waals surface area (Å²) >= 11 is 0. The zero-order valence-corrected chi connectivity index (χ0v) is 20.7. The van der Waals surface area contributed by atoms with Crippen molar-refractivity contribution in [1.29, 1.82) is 0 Å². The predicted octanol–water partition coefficient (Wildman–Crippen LogP) is 3.64. The molecule has 1 aliphatic rings. The van der Waals surface area contributed by atoms with Crippen LogP contribution >= 0.6 is 0 Å². The number of rotatable bonds is 5. The summed E-state index contributed by atoms with van der Waals surface area (Å²) in [5.74, 6) is -3.24. The van der Waals surface area contributed by atoms with Crippen LogP contribution in [0.1, 0.15) is 34.5 Å². The molecule has 0 unspecified atom stereocenters. The molecule has 39 heavy (non-hydrogen) atoms. The molecule has 0 radical (unpaired) electrons. The van der Waals surface area contributed by atoms with Gasteiger partial charge in [-0.2, -0.15) is 18.3 Å². The van der Waals surface area contributed by atoms with Crippen molar-refractivity contribution in [2.75, 3.05) is 13.1 Å². The van der Waals surface area contributed by atoms with Gasteiger partial charge in [-0.25, -0.2) is 9.48 Å². The summed E-state index contributed by atoms with van der Waals surface area (Å²) in [4.78, 5) is 27.3. The van der Waals surface area contributed by atoms with Crippen LogP contribution in [-0.4, -0.2) is 61.0 Å². The smallest absolute Gasteiger partial charge is 0.475 e. The minimum absolute atomic E-state index is 0.425. The van der Waals surface area contributed by atoms with Crippen LogP contribution in [0.5, 0.6) is 0 Å². The van der Waals surface area contributed by atoms with Gasteiger partial charge in [0.25, 0.3) is 5.91 Å². The Balaban J connectivity index is 0.000000448. The Hall–Kier alpha value is -4.29. The first-order valence-electron chi connectivity index (χ1n) is 12.0. The number of halogens is 3. The number of nitrogens with two attached hydrogens (primary N) is 1. The highest BCUT2D eigenvalue weighted by Gasteiger charge is 2.38. The van der Waals surface area contributed by atoms with Crippen LogP contribution in [0, 0.1) is 0 Å². The molecule has 0 spiro atoms. The van der Waals surface area contributed by atoms with Gasteiger partial charge in [-0.05, 0) is 48.7 Å². The van der Waals surface area contributed by atoms with Gasteiger partial charge < -0.3 is 15.9 Å². The van der Waals surface area contributed by atoms with Crippen molar-refractivity contribution in [3.63, 3.8) is 0 Å². The Bertz CT molecular complexity index is 1450. The molecule has 1 fully saturated rings. The fourth-order valence-electron chi connectivity index (χ4n) is 4.36. The lowest BCUT2D eigenvalue weighted by Crippen LogP contribution is -2.42.